The Morgan fingerprint density at radius 2 is 1.00 bits per heavy atom. The molecule has 0 fully saturated rings. The van der Waals surface area contributed by atoms with Gasteiger partial charge in [0.05, 0.1) is 0 Å². The number of benzene rings is 2. The van der Waals surface area contributed by atoms with Gasteiger partial charge in [-0.2, -0.15) is 0 Å². The summed E-state index contributed by atoms with van der Waals surface area (Å²) in [5.41, 5.74) is 2.76. The SMILES string of the molecule is C[C]1([Zr][C]2(C)C=CC(c3ccccc3)=P2)C=CC(c2ccccc2)=P1.Cl.Cl. The molecule has 2 aromatic rings. The van der Waals surface area contributed by atoms with Crippen LogP contribution < -0.4 is 0 Å². The van der Waals surface area contributed by atoms with E-state index >= 15 is 0 Å². The maximum absolute atomic E-state index is 2.50. The van der Waals surface area contributed by atoms with Crippen molar-refractivity contribution in [1.29, 1.82) is 0 Å². The van der Waals surface area contributed by atoms with E-state index < -0.39 is 23.2 Å². The Labute approximate surface area is 189 Å². The van der Waals surface area contributed by atoms with Gasteiger partial charge in [-0.15, -0.1) is 24.8 Å². The third-order valence-electron chi connectivity index (χ3n) is 4.48. The fourth-order valence-electron chi connectivity index (χ4n) is 3.32. The van der Waals surface area contributed by atoms with Gasteiger partial charge in [-0.05, 0) is 0 Å². The molecule has 5 heteroatoms. The van der Waals surface area contributed by atoms with E-state index in [1.165, 1.54) is 38.1 Å². The summed E-state index contributed by atoms with van der Waals surface area (Å²) in [4.78, 5) is 0. The topological polar surface area (TPSA) is 0 Å². The zero-order valence-corrected chi connectivity index (χ0v) is 21.2. The van der Waals surface area contributed by atoms with Gasteiger partial charge in [-0.1, -0.05) is 0 Å². The Hall–Kier alpha value is -0.277. The van der Waals surface area contributed by atoms with Crippen molar-refractivity contribution in [3.8, 4) is 0 Å². The zero-order valence-electron chi connectivity index (χ0n) is 15.3. The van der Waals surface area contributed by atoms with E-state index in [0.717, 1.165) is 0 Å². The van der Waals surface area contributed by atoms with Gasteiger partial charge in [0.15, 0.2) is 0 Å². The molecule has 2 atom stereocenters. The number of allylic oxidation sites excluding steroid dienone is 4. The van der Waals surface area contributed by atoms with Crippen molar-refractivity contribution in [3.63, 3.8) is 0 Å². The molecule has 2 unspecified atom stereocenters. The van der Waals surface area contributed by atoms with Crippen molar-refractivity contribution in [2.24, 2.45) is 0 Å². The quantitative estimate of drug-likeness (QED) is 0.396. The van der Waals surface area contributed by atoms with Crippen molar-refractivity contribution in [3.05, 3.63) is 96.1 Å². The molecule has 4 rings (SSSR count). The maximum atomic E-state index is 2.50. The number of hydrogen-bond acceptors (Lipinski definition) is 0. The van der Waals surface area contributed by atoms with Crippen molar-refractivity contribution in [2.75, 3.05) is 0 Å². The zero-order chi connectivity index (χ0) is 17.3. The molecule has 0 amide bonds. The average Bonchev–Trinajstić information content (AvgIpc) is 3.20. The Bertz CT molecular complexity index is 831. The van der Waals surface area contributed by atoms with Gasteiger partial charge < -0.3 is 0 Å². The summed E-state index contributed by atoms with van der Waals surface area (Å²) < 4.78 is 0.763. The fraction of sp³-hybridized carbons (Fsp3) is 0.182. The Balaban J connectivity index is 0.00000131. The first kappa shape index (κ1) is 23.0. The van der Waals surface area contributed by atoms with Crippen molar-refractivity contribution in [2.45, 2.75) is 19.6 Å². The fourth-order valence-corrected chi connectivity index (χ4v) is 14.8. The molecule has 0 N–H and O–H groups in total. The summed E-state index contributed by atoms with van der Waals surface area (Å²) in [5, 5.41) is 2.97. The summed E-state index contributed by atoms with van der Waals surface area (Å²) in [5.74, 6) is 0. The average molecular weight is 510 g/mol. The van der Waals surface area contributed by atoms with Gasteiger partial charge in [0.2, 0.25) is 0 Å². The van der Waals surface area contributed by atoms with Crippen LogP contribution in [0.1, 0.15) is 25.0 Å². The van der Waals surface area contributed by atoms with Gasteiger partial charge in [0, 0.05) is 0 Å². The van der Waals surface area contributed by atoms with E-state index in [-0.39, 0.29) is 24.8 Å². The predicted molar refractivity (Wildman–Crippen MR) is 125 cm³/mol. The largest absolute Gasteiger partial charge is 0.147 e. The predicted octanol–water partition coefficient (Wildman–Crippen LogP) is 6.82. The molecule has 2 heterocycles. The van der Waals surface area contributed by atoms with E-state index in [2.05, 4.69) is 98.8 Å². The molecule has 2 aliphatic heterocycles. The molecule has 27 heavy (non-hydrogen) atoms. The monoisotopic (exact) mass is 508 g/mol. The van der Waals surface area contributed by atoms with E-state index in [4.69, 9.17) is 0 Å². The second kappa shape index (κ2) is 9.48. The van der Waals surface area contributed by atoms with Gasteiger partial charge in [-0.25, -0.2) is 0 Å². The minimum atomic E-state index is -0.681. The van der Waals surface area contributed by atoms with Gasteiger partial charge >= 0.3 is 166 Å². The summed E-state index contributed by atoms with van der Waals surface area (Å²) in [6.07, 6.45) is 9.74. The summed E-state index contributed by atoms with van der Waals surface area (Å²) >= 11 is -0.681. The second-order valence-electron chi connectivity index (χ2n) is 6.81. The number of halogens is 2. The molecular weight excluding hydrogens is 488 g/mol. The van der Waals surface area contributed by atoms with E-state index in [1.807, 2.05) is 0 Å². The Morgan fingerprint density at radius 1 is 0.630 bits per heavy atom. The molecule has 2 aromatic carbocycles. The van der Waals surface area contributed by atoms with Crippen LogP contribution in [0.2, 0.25) is 0 Å². The molecule has 0 bridgehead atoms. The van der Waals surface area contributed by atoms with Crippen LogP contribution in [-0.4, -0.2) is 16.3 Å². The molecule has 0 saturated carbocycles. The van der Waals surface area contributed by atoms with Crippen LogP contribution in [0.4, 0.5) is 0 Å². The summed E-state index contributed by atoms with van der Waals surface area (Å²) in [7, 11) is 3.00. The normalized spacial score (nSPS) is 26.4. The van der Waals surface area contributed by atoms with Crippen LogP contribution in [0.3, 0.4) is 0 Å². The van der Waals surface area contributed by atoms with Crippen LogP contribution in [0.25, 0.3) is 0 Å². The molecule has 0 aromatic heterocycles. The van der Waals surface area contributed by atoms with Crippen LogP contribution in [0.15, 0.2) is 85.0 Å². The molecule has 138 valence electrons. The molecule has 0 radical (unpaired) electrons. The number of hydrogen-bond donors (Lipinski definition) is 0. The first-order valence-electron chi connectivity index (χ1n) is 8.54. The summed E-state index contributed by atoms with van der Waals surface area (Å²) in [6.45, 7) is 4.95. The van der Waals surface area contributed by atoms with Crippen LogP contribution in [0, 0.1) is 0 Å². The van der Waals surface area contributed by atoms with Crippen LogP contribution >= 0.6 is 41.2 Å². The molecular formula is C22H22Cl2P2Zr. The first-order valence-corrected chi connectivity index (χ1v) is 12.8. The Kier molecular flexibility index (Phi) is 8.08. The first-order chi connectivity index (χ1) is 12.1. The van der Waals surface area contributed by atoms with Crippen molar-refractivity contribution < 1.29 is 23.2 Å². The molecule has 0 nitrogen and oxygen atoms in total. The van der Waals surface area contributed by atoms with E-state index in [1.54, 1.807) is 0 Å². The third kappa shape index (κ3) is 5.41. The standard InChI is InChI=1S/2C11H10P.2ClH.Zr/c2*1-9-7-8-11(12-9)10-5-3-2-4-6-10;;;/h2*2-8H,1H3;2*1H;. The Morgan fingerprint density at radius 3 is 1.37 bits per heavy atom. The van der Waals surface area contributed by atoms with Crippen LogP contribution in [-0.2, 0) is 23.2 Å². The number of rotatable bonds is 4. The van der Waals surface area contributed by atoms with E-state index in [0.29, 0.717) is 5.73 Å². The van der Waals surface area contributed by atoms with Crippen molar-refractivity contribution in [1.82, 2.24) is 0 Å². The molecule has 0 spiro atoms. The second-order valence-corrected chi connectivity index (χ2v) is 17.9. The van der Waals surface area contributed by atoms with Gasteiger partial charge in [0.1, 0.15) is 0 Å². The molecule has 0 aliphatic carbocycles. The van der Waals surface area contributed by atoms with E-state index in [9.17, 15) is 0 Å². The van der Waals surface area contributed by atoms with Crippen molar-refractivity contribution >= 4 is 51.8 Å². The molecule has 0 saturated heterocycles. The molecule has 2 aliphatic rings. The minimum Gasteiger partial charge on any atom is -0.147 e. The third-order valence-corrected chi connectivity index (χ3v) is 13.3. The summed E-state index contributed by atoms with van der Waals surface area (Å²) in [6, 6.07) is 21.7. The van der Waals surface area contributed by atoms with Gasteiger partial charge in [-0.3, -0.25) is 0 Å². The maximum Gasteiger partial charge on any atom is -0.147 e. The smallest absolute Gasteiger partial charge is 0.147 e. The van der Waals surface area contributed by atoms with Crippen LogP contribution in [0.5, 0.6) is 0 Å². The minimum absolute atomic E-state index is 0. The van der Waals surface area contributed by atoms with Gasteiger partial charge in [0.25, 0.3) is 0 Å².